The summed E-state index contributed by atoms with van der Waals surface area (Å²) in [5.41, 5.74) is 6.13. The molecule has 24 heavy (non-hydrogen) atoms. The van der Waals surface area contributed by atoms with Crippen LogP contribution in [-0.4, -0.2) is 42.4 Å². The Morgan fingerprint density at radius 2 is 2.00 bits per heavy atom. The molecule has 0 unspecified atom stereocenters. The third kappa shape index (κ3) is 5.49. The van der Waals surface area contributed by atoms with Gasteiger partial charge in [-0.25, -0.2) is 4.79 Å². The van der Waals surface area contributed by atoms with E-state index in [2.05, 4.69) is 15.9 Å². The number of amides is 2. The van der Waals surface area contributed by atoms with Crippen molar-refractivity contribution in [2.24, 2.45) is 11.7 Å². The monoisotopic (exact) mass is 394 g/mol. The van der Waals surface area contributed by atoms with Gasteiger partial charge in [-0.15, -0.1) is 0 Å². The summed E-state index contributed by atoms with van der Waals surface area (Å²) < 4.78 is 5.90. The van der Waals surface area contributed by atoms with Crippen molar-refractivity contribution in [1.29, 1.82) is 0 Å². The predicted octanol–water partition coefficient (Wildman–Crippen LogP) is 1.73. The minimum absolute atomic E-state index is 0.292. The topological polar surface area (TPSA) is 89.7 Å². The lowest BCUT2D eigenvalue weighted by atomic mass is 9.97. The van der Waals surface area contributed by atoms with Crippen LogP contribution in [0.4, 0.5) is 0 Å². The summed E-state index contributed by atoms with van der Waals surface area (Å²) >= 11 is 3.33. The number of carbonyl (C=O) groups is 3. The second-order valence-corrected chi connectivity index (χ2v) is 6.49. The van der Waals surface area contributed by atoms with Crippen LogP contribution in [0.1, 0.15) is 18.4 Å². The van der Waals surface area contributed by atoms with E-state index < -0.39 is 11.9 Å². The molecular weight excluding hydrogens is 376 g/mol. The van der Waals surface area contributed by atoms with Crippen molar-refractivity contribution in [3.63, 3.8) is 0 Å². The minimum Gasteiger partial charge on any atom is -0.452 e. The third-order valence-electron chi connectivity index (χ3n) is 3.80. The maximum atomic E-state index is 12.0. The lowest BCUT2D eigenvalue weighted by Crippen LogP contribution is -2.45. The van der Waals surface area contributed by atoms with Crippen molar-refractivity contribution in [2.45, 2.75) is 12.8 Å². The highest BCUT2D eigenvalue weighted by atomic mass is 79.9. The minimum atomic E-state index is -0.588. The molecular formula is C17H19BrN2O4. The van der Waals surface area contributed by atoms with Crippen molar-refractivity contribution in [3.8, 4) is 0 Å². The fraction of sp³-hybridized carbons (Fsp3) is 0.353. The standard InChI is InChI=1S/C17H19BrN2O4/c18-14-6-3-12(4-7-14)5-8-16(22)24-11-15(21)20-9-1-2-13(10-20)17(19)23/h3-8,13H,1-2,9-11H2,(H2,19,23)/b8-5+/t13-/m1/s1. The Labute approximate surface area is 148 Å². The number of rotatable bonds is 5. The Hall–Kier alpha value is -2.15. The third-order valence-corrected chi connectivity index (χ3v) is 4.32. The summed E-state index contributed by atoms with van der Waals surface area (Å²) in [6.07, 6.45) is 4.30. The van der Waals surface area contributed by atoms with Gasteiger partial charge < -0.3 is 15.4 Å². The molecule has 1 aliphatic heterocycles. The molecule has 7 heteroatoms. The van der Waals surface area contributed by atoms with Crippen molar-refractivity contribution >= 4 is 39.8 Å². The highest BCUT2D eigenvalue weighted by molar-refractivity contribution is 9.10. The van der Waals surface area contributed by atoms with Gasteiger partial charge in [0.15, 0.2) is 6.61 Å². The first-order valence-electron chi connectivity index (χ1n) is 7.63. The number of esters is 1. The summed E-state index contributed by atoms with van der Waals surface area (Å²) in [6, 6.07) is 7.41. The first-order chi connectivity index (χ1) is 11.5. The largest absolute Gasteiger partial charge is 0.452 e. The van der Waals surface area contributed by atoms with Crippen molar-refractivity contribution in [2.75, 3.05) is 19.7 Å². The molecule has 1 saturated heterocycles. The zero-order valence-electron chi connectivity index (χ0n) is 13.1. The van der Waals surface area contributed by atoms with Crippen molar-refractivity contribution in [3.05, 3.63) is 40.4 Å². The van der Waals surface area contributed by atoms with Crippen molar-refractivity contribution < 1.29 is 19.1 Å². The average molecular weight is 395 g/mol. The Morgan fingerprint density at radius 1 is 1.29 bits per heavy atom. The average Bonchev–Trinajstić information content (AvgIpc) is 2.59. The van der Waals surface area contributed by atoms with E-state index in [-0.39, 0.29) is 18.4 Å². The Balaban J connectivity index is 1.79. The first kappa shape index (κ1) is 18.2. The number of benzene rings is 1. The van der Waals surface area contributed by atoms with E-state index in [9.17, 15) is 14.4 Å². The van der Waals surface area contributed by atoms with E-state index in [1.54, 1.807) is 6.08 Å². The molecule has 0 bridgehead atoms. The fourth-order valence-electron chi connectivity index (χ4n) is 2.45. The fourth-order valence-corrected chi connectivity index (χ4v) is 2.71. The van der Waals surface area contributed by atoms with E-state index in [0.29, 0.717) is 19.5 Å². The number of nitrogens with zero attached hydrogens (tertiary/aromatic N) is 1. The van der Waals surface area contributed by atoms with Gasteiger partial charge in [-0.3, -0.25) is 9.59 Å². The molecule has 0 spiro atoms. The maximum Gasteiger partial charge on any atom is 0.331 e. The van der Waals surface area contributed by atoms with Gasteiger partial charge >= 0.3 is 5.97 Å². The lowest BCUT2D eigenvalue weighted by Gasteiger charge is -2.30. The van der Waals surface area contributed by atoms with Gasteiger partial charge in [-0.05, 0) is 36.6 Å². The summed E-state index contributed by atoms with van der Waals surface area (Å²) in [7, 11) is 0. The maximum absolute atomic E-state index is 12.0. The summed E-state index contributed by atoms with van der Waals surface area (Å²) in [5.74, 6) is -1.63. The highest BCUT2D eigenvalue weighted by Gasteiger charge is 2.27. The summed E-state index contributed by atoms with van der Waals surface area (Å²) in [4.78, 5) is 36.5. The molecule has 1 heterocycles. The molecule has 1 aromatic rings. The van der Waals surface area contributed by atoms with Crippen LogP contribution in [0, 0.1) is 5.92 Å². The second-order valence-electron chi connectivity index (χ2n) is 5.57. The summed E-state index contributed by atoms with van der Waals surface area (Å²) in [5, 5.41) is 0. The van der Waals surface area contributed by atoms with Crippen LogP contribution < -0.4 is 5.73 Å². The zero-order valence-corrected chi connectivity index (χ0v) is 14.7. The van der Waals surface area contributed by atoms with Gasteiger partial charge in [0.2, 0.25) is 5.91 Å². The molecule has 6 nitrogen and oxygen atoms in total. The quantitative estimate of drug-likeness (QED) is 0.608. The van der Waals surface area contributed by atoms with Crippen LogP contribution in [0.2, 0.25) is 0 Å². The molecule has 1 aliphatic rings. The number of nitrogens with two attached hydrogens (primary N) is 1. The number of likely N-dealkylation sites (tertiary alicyclic amines) is 1. The first-order valence-corrected chi connectivity index (χ1v) is 8.42. The van der Waals surface area contributed by atoms with Gasteiger partial charge in [-0.1, -0.05) is 28.1 Å². The number of hydrogen-bond acceptors (Lipinski definition) is 4. The molecule has 0 aromatic heterocycles. The second kappa shape index (κ2) is 8.63. The Kier molecular flexibility index (Phi) is 6.54. The molecule has 2 N–H and O–H groups in total. The van der Waals surface area contributed by atoms with Gasteiger partial charge in [0.1, 0.15) is 0 Å². The number of piperidine rings is 1. The van der Waals surface area contributed by atoms with Crippen LogP contribution in [-0.2, 0) is 19.1 Å². The highest BCUT2D eigenvalue weighted by Crippen LogP contribution is 2.16. The van der Waals surface area contributed by atoms with Crippen LogP contribution >= 0.6 is 15.9 Å². The van der Waals surface area contributed by atoms with Gasteiger partial charge in [0, 0.05) is 23.6 Å². The van der Waals surface area contributed by atoms with E-state index in [1.807, 2.05) is 24.3 Å². The Bertz CT molecular complexity index is 642. The molecule has 2 amide bonds. The van der Waals surface area contributed by atoms with Crippen LogP contribution in [0.15, 0.2) is 34.8 Å². The number of halogens is 1. The molecule has 1 fully saturated rings. The lowest BCUT2D eigenvalue weighted by molar-refractivity contribution is -0.149. The van der Waals surface area contributed by atoms with Crippen molar-refractivity contribution in [1.82, 2.24) is 4.90 Å². The molecule has 1 atom stereocenters. The molecule has 0 radical (unpaired) electrons. The van der Waals surface area contributed by atoms with Gasteiger partial charge in [-0.2, -0.15) is 0 Å². The van der Waals surface area contributed by atoms with Crippen LogP contribution in [0.25, 0.3) is 6.08 Å². The van der Waals surface area contributed by atoms with E-state index >= 15 is 0 Å². The number of carbonyl (C=O) groups excluding carboxylic acids is 3. The number of primary amides is 1. The number of hydrogen-bond donors (Lipinski definition) is 1. The SMILES string of the molecule is NC(=O)[C@@H]1CCCN(C(=O)COC(=O)/C=C/c2ccc(Br)cc2)C1. The predicted molar refractivity (Wildman–Crippen MR) is 92.6 cm³/mol. The van der Waals surface area contributed by atoms with Gasteiger partial charge in [0.25, 0.3) is 5.91 Å². The van der Waals surface area contributed by atoms with Gasteiger partial charge in [0.05, 0.1) is 5.92 Å². The van der Waals surface area contributed by atoms with E-state index in [1.165, 1.54) is 11.0 Å². The molecule has 2 rings (SSSR count). The Morgan fingerprint density at radius 3 is 2.67 bits per heavy atom. The normalized spacial score (nSPS) is 17.7. The number of ether oxygens (including phenoxy) is 1. The smallest absolute Gasteiger partial charge is 0.331 e. The van der Waals surface area contributed by atoms with E-state index in [0.717, 1.165) is 16.5 Å². The summed E-state index contributed by atoms with van der Waals surface area (Å²) in [6.45, 7) is 0.504. The van der Waals surface area contributed by atoms with Crippen LogP contribution in [0.5, 0.6) is 0 Å². The molecule has 1 aromatic carbocycles. The molecule has 128 valence electrons. The molecule has 0 saturated carbocycles. The van der Waals surface area contributed by atoms with Crippen LogP contribution in [0.3, 0.4) is 0 Å². The molecule has 0 aliphatic carbocycles. The van der Waals surface area contributed by atoms with E-state index in [4.69, 9.17) is 10.5 Å². The zero-order chi connectivity index (χ0) is 17.5.